The highest BCUT2D eigenvalue weighted by atomic mass is 35.5. The summed E-state index contributed by atoms with van der Waals surface area (Å²) >= 11 is 0. The molecule has 52 valence electrons. The molecule has 2 nitrogen and oxygen atoms in total. The van der Waals surface area contributed by atoms with Crippen molar-refractivity contribution in [2.75, 3.05) is 0 Å². The van der Waals surface area contributed by atoms with E-state index in [0.29, 0.717) is 0 Å². The molecular formula is C6H9ClO2. The molecule has 1 rings (SSSR count). The maximum Gasteiger partial charge on any atom is 0.307 e. The number of hydrogen-bond donors (Lipinski definition) is 1. The average Bonchev–Trinajstić information content (AvgIpc) is 2.12. The van der Waals surface area contributed by atoms with Gasteiger partial charge in [-0.05, 0) is 12.8 Å². The Morgan fingerprint density at radius 1 is 1.44 bits per heavy atom. The number of aliphatic carboxylic acids is 1. The Hall–Kier alpha value is -0.500. The largest absolute Gasteiger partial charge is 0.481 e. The maximum atomic E-state index is 10.2. The lowest BCUT2D eigenvalue weighted by Gasteiger charge is -1.97. The van der Waals surface area contributed by atoms with Gasteiger partial charge in [-0.15, -0.1) is 12.4 Å². The van der Waals surface area contributed by atoms with Crippen LogP contribution in [-0.2, 0) is 4.79 Å². The highest BCUT2D eigenvalue weighted by Gasteiger charge is 2.16. The Balaban J connectivity index is 0.000000640. The summed E-state index contributed by atoms with van der Waals surface area (Å²) in [5.74, 6) is -0.801. The number of halogens is 1. The van der Waals surface area contributed by atoms with Crippen LogP contribution in [0.4, 0.5) is 0 Å². The summed E-state index contributed by atoms with van der Waals surface area (Å²) < 4.78 is 0. The highest BCUT2D eigenvalue weighted by Crippen LogP contribution is 2.16. The van der Waals surface area contributed by atoms with E-state index < -0.39 is 5.97 Å². The fourth-order valence-corrected chi connectivity index (χ4v) is 0.819. The molecular weight excluding hydrogens is 140 g/mol. The molecule has 1 aliphatic rings. The topological polar surface area (TPSA) is 37.3 Å². The summed E-state index contributed by atoms with van der Waals surface area (Å²) in [4.78, 5) is 10.2. The molecule has 0 aliphatic heterocycles. The van der Waals surface area contributed by atoms with Gasteiger partial charge in [-0.25, -0.2) is 0 Å². The van der Waals surface area contributed by atoms with Crippen molar-refractivity contribution in [2.24, 2.45) is 5.92 Å². The summed E-state index contributed by atoms with van der Waals surface area (Å²) in [5.41, 5.74) is 0. The molecule has 1 aliphatic carbocycles. The van der Waals surface area contributed by atoms with Gasteiger partial charge in [-0.1, -0.05) is 12.2 Å². The molecule has 0 saturated carbocycles. The number of carboxylic acid groups (broad SMARTS) is 1. The van der Waals surface area contributed by atoms with Gasteiger partial charge >= 0.3 is 5.97 Å². The summed E-state index contributed by atoms with van der Waals surface area (Å²) in [6, 6.07) is 0. The van der Waals surface area contributed by atoms with E-state index in [0.717, 1.165) is 12.8 Å². The van der Waals surface area contributed by atoms with E-state index >= 15 is 0 Å². The second-order valence-corrected chi connectivity index (χ2v) is 1.98. The normalized spacial score (nSPS) is 17.3. The Morgan fingerprint density at radius 3 is 2.11 bits per heavy atom. The molecule has 0 atom stereocenters. The van der Waals surface area contributed by atoms with Crippen LogP contribution in [0.2, 0.25) is 0 Å². The van der Waals surface area contributed by atoms with Gasteiger partial charge in [0.15, 0.2) is 0 Å². The third-order valence-corrected chi connectivity index (χ3v) is 1.36. The van der Waals surface area contributed by atoms with Gasteiger partial charge in [0.25, 0.3) is 0 Å². The maximum absolute atomic E-state index is 10.2. The molecule has 0 bridgehead atoms. The van der Waals surface area contributed by atoms with Crippen molar-refractivity contribution in [1.82, 2.24) is 0 Å². The second kappa shape index (κ2) is 3.51. The highest BCUT2D eigenvalue weighted by molar-refractivity contribution is 5.85. The van der Waals surface area contributed by atoms with Gasteiger partial charge in [-0.2, -0.15) is 0 Å². The minimum atomic E-state index is -0.671. The van der Waals surface area contributed by atoms with Crippen molar-refractivity contribution >= 4 is 18.4 Å². The molecule has 3 heteroatoms. The van der Waals surface area contributed by atoms with Crippen molar-refractivity contribution in [3.63, 3.8) is 0 Å². The number of allylic oxidation sites excluding steroid dienone is 2. The van der Waals surface area contributed by atoms with Crippen LogP contribution in [0.25, 0.3) is 0 Å². The first-order valence-corrected chi connectivity index (χ1v) is 2.68. The Bertz CT molecular complexity index is 123. The smallest absolute Gasteiger partial charge is 0.307 e. The van der Waals surface area contributed by atoms with Crippen LogP contribution in [0.1, 0.15) is 12.8 Å². The van der Waals surface area contributed by atoms with Crippen molar-refractivity contribution in [1.29, 1.82) is 0 Å². The summed E-state index contributed by atoms with van der Waals surface area (Å²) in [7, 11) is 0. The first kappa shape index (κ1) is 8.50. The molecule has 1 N–H and O–H groups in total. The Labute approximate surface area is 60.0 Å². The number of carbonyl (C=O) groups is 1. The number of hydrogen-bond acceptors (Lipinski definition) is 1. The molecule has 0 aromatic rings. The zero-order valence-electron chi connectivity index (χ0n) is 4.91. The summed E-state index contributed by atoms with van der Waals surface area (Å²) in [6.45, 7) is 0. The van der Waals surface area contributed by atoms with E-state index in [2.05, 4.69) is 0 Å². The fraction of sp³-hybridized carbons (Fsp3) is 0.500. The van der Waals surface area contributed by atoms with Gasteiger partial charge in [0.1, 0.15) is 0 Å². The van der Waals surface area contributed by atoms with Crippen LogP contribution in [0, 0.1) is 5.92 Å². The Kier molecular flexibility index (Phi) is 3.32. The van der Waals surface area contributed by atoms with Gasteiger partial charge in [0.05, 0.1) is 5.92 Å². The third-order valence-electron chi connectivity index (χ3n) is 1.36. The molecule has 0 saturated heterocycles. The van der Waals surface area contributed by atoms with Crippen LogP contribution in [0.15, 0.2) is 12.2 Å². The number of rotatable bonds is 1. The van der Waals surface area contributed by atoms with Crippen LogP contribution in [0.5, 0.6) is 0 Å². The quantitative estimate of drug-likeness (QED) is 0.572. The summed E-state index contributed by atoms with van der Waals surface area (Å²) in [5, 5.41) is 8.37. The van der Waals surface area contributed by atoms with Crippen LogP contribution in [-0.4, -0.2) is 11.1 Å². The average molecular weight is 149 g/mol. The first-order chi connectivity index (χ1) is 3.80. The molecule has 0 radical (unpaired) electrons. The predicted octanol–water partition coefficient (Wildman–Crippen LogP) is 1.46. The Morgan fingerprint density at radius 2 is 1.89 bits per heavy atom. The molecule has 9 heavy (non-hydrogen) atoms. The molecule has 0 unspecified atom stereocenters. The van der Waals surface area contributed by atoms with E-state index in [1.165, 1.54) is 0 Å². The van der Waals surface area contributed by atoms with Gasteiger partial charge < -0.3 is 5.11 Å². The van der Waals surface area contributed by atoms with Crippen molar-refractivity contribution < 1.29 is 9.90 Å². The van der Waals surface area contributed by atoms with Gasteiger partial charge in [-0.3, -0.25) is 4.79 Å². The van der Waals surface area contributed by atoms with E-state index in [1.807, 2.05) is 12.2 Å². The predicted molar refractivity (Wildman–Crippen MR) is 36.7 cm³/mol. The zero-order valence-corrected chi connectivity index (χ0v) is 5.73. The lowest BCUT2D eigenvalue weighted by atomic mass is 10.1. The van der Waals surface area contributed by atoms with E-state index in [9.17, 15) is 4.79 Å². The third kappa shape index (κ3) is 2.06. The lowest BCUT2D eigenvalue weighted by molar-refractivity contribution is -0.141. The van der Waals surface area contributed by atoms with Crippen LogP contribution in [0.3, 0.4) is 0 Å². The van der Waals surface area contributed by atoms with Crippen LogP contribution < -0.4 is 0 Å². The van der Waals surface area contributed by atoms with Gasteiger partial charge in [0, 0.05) is 0 Å². The molecule has 0 fully saturated rings. The number of carboxylic acids is 1. The molecule has 0 heterocycles. The molecule has 0 spiro atoms. The molecule has 0 aromatic heterocycles. The standard InChI is InChI=1S/C6H8O2.ClH/c7-6(8)5-3-1-2-4-5;/h1-2,5H,3-4H2,(H,7,8);1H. The second-order valence-electron chi connectivity index (χ2n) is 1.98. The lowest BCUT2D eigenvalue weighted by Crippen LogP contribution is -2.08. The monoisotopic (exact) mass is 148 g/mol. The van der Waals surface area contributed by atoms with E-state index in [-0.39, 0.29) is 18.3 Å². The zero-order chi connectivity index (χ0) is 5.98. The SMILES string of the molecule is Cl.O=C(O)C1CC=CC1. The minimum absolute atomic E-state index is 0. The van der Waals surface area contributed by atoms with Crippen LogP contribution >= 0.6 is 12.4 Å². The van der Waals surface area contributed by atoms with Gasteiger partial charge in [0.2, 0.25) is 0 Å². The fourth-order valence-electron chi connectivity index (χ4n) is 0.819. The first-order valence-electron chi connectivity index (χ1n) is 2.68. The molecule has 0 amide bonds. The van der Waals surface area contributed by atoms with E-state index in [1.54, 1.807) is 0 Å². The molecule has 0 aromatic carbocycles. The van der Waals surface area contributed by atoms with Crippen molar-refractivity contribution in [2.45, 2.75) is 12.8 Å². The van der Waals surface area contributed by atoms with Crippen molar-refractivity contribution in [3.8, 4) is 0 Å². The van der Waals surface area contributed by atoms with Crippen molar-refractivity contribution in [3.05, 3.63) is 12.2 Å². The van der Waals surface area contributed by atoms with E-state index in [4.69, 9.17) is 5.11 Å². The summed E-state index contributed by atoms with van der Waals surface area (Å²) in [6.07, 6.45) is 5.27. The minimum Gasteiger partial charge on any atom is -0.481 e.